The van der Waals surface area contributed by atoms with E-state index in [1.165, 1.54) is 0 Å². The SMILES string of the molecule is BrOBr.Oc1ccccc1.Oc1ccccc1. The zero-order valence-electron chi connectivity index (χ0n) is 8.83. The minimum Gasteiger partial charge on any atom is -0.508 e. The van der Waals surface area contributed by atoms with Crippen LogP contribution in [0.1, 0.15) is 0 Å². The number of para-hydroxylation sites is 2. The molecule has 2 rings (SSSR count). The molecule has 0 radical (unpaired) electrons. The van der Waals surface area contributed by atoms with Crippen LogP contribution in [0.2, 0.25) is 0 Å². The molecule has 0 heterocycles. The first-order valence-corrected chi connectivity index (χ1v) is 5.87. The Balaban J connectivity index is 0.000000247. The molecule has 2 aromatic rings. The molecule has 0 aromatic heterocycles. The Hall–Kier alpha value is -1.04. The summed E-state index contributed by atoms with van der Waals surface area (Å²) >= 11 is 5.12. The van der Waals surface area contributed by atoms with Gasteiger partial charge in [-0.1, -0.05) is 36.4 Å². The summed E-state index contributed by atoms with van der Waals surface area (Å²) in [6.07, 6.45) is 0. The van der Waals surface area contributed by atoms with Crippen LogP contribution in [0.3, 0.4) is 0 Å². The highest BCUT2D eigenvalue weighted by Gasteiger charge is 1.75. The summed E-state index contributed by atoms with van der Waals surface area (Å²) in [7, 11) is 0. The van der Waals surface area contributed by atoms with Crippen LogP contribution in [-0.4, -0.2) is 10.2 Å². The fraction of sp³-hybridized carbons (Fsp3) is 0. The molecule has 0 bridgehead atoms. The second-order valence-electron chi connectivity index (χ2n) is 2.73. The Labute approximate surface area is 118 Å². The van der Waals surface area contributed by atoms with Crippen LogP contribution in [0.15, 0.2) is 60.7 Å². The van der Waals surface area contributed by atoms with Crippen molar-refractivity contribution in [1.29, 1.82) is 0 Å². The summed E-state index contributed by atoms with van der Waals surface area (Å²) in [5.74, 6) is 0.644. The van der Waals surface area contributed by atoms with Crippen molar-refractivity contribution in [2.45, 2.75) is 0 Å². The zero-order chi connectivity index (χ0) is 12.9. The summed E-state index contributed by atoms with van der Waals surface area (Å²) in [5, 5.41) is 17.3. The maximum Gasteiger partial charge on any atom is 0.115 e. The highest BCUT2D eigenvalue weighted by molar-refractivity contribution is 9.18. The minimum atomic E-state index is 0.322. The molecule has 3 nitrogen and oxygen atoms in total. The lowest BCUT2D eigenvalue weighted by atomic mass is 10.3. The van der Waals surface area contributed by atoms with Crippen molar-refractivity contribution in [2.24, 2.45) is 0 Å². The van der Waals surface area contributed by atoms with E-state index in [0.717, 1.165) is 0 Å². The van der Waals surface area contributed by atoms with Crippen LogP contribution < -0.4 is 0 Å². The first-order chi connectivity index (χ1) is 8.20. The number of hydrogen-bond acceptors (Lipinski definition) is 3. The Bertz CT molecular complexity index is 331. The van der Waals surface area contributed by atoms with Gasteiger partial charge in [-0.3, -0.25) is 0 Å². The fourth-order valence-electron chi connectivity index (χ4n) is 0.856. The second-order valence-corrected chi connectivity index (χ2v) is 4.25. The first-order valence-electron chi connectivity index (χ1n) is 4.58. The van der Waals surface area contributed by atoms with Crippen molar-refractivity contribution in [3.63, 3.8) is 0 Å². The number of halogens is 2. The standard InChI is InChI=1S/2C6H6O.Br2O/c2*7-6-4-2-1-3-5-6;1-3-2/h2*1-5,7H;. The molecule has 0 aliphatic heterocycles. The Morgan fingerprint density at radius 1 is 0.647 bits per heavy atom. The molecule has 2 N–H and O–H groups in total. The third kappa shape index (κ3) is 11.2. The van der Waals surface area contributed by atoms with Gasteiger partial charge in [-0.05, 0) is 24.3 Å². The van der Waals surface area contributed by atoms with Crippen molar-refractivity contribution in [3.05, 3.63) is 60.7 Å². The van der Waals surface area contributed by atoms with Crippen LogP contribution in [0, 0.1) is 0 Å². The van der Waals surface area contributed by atoms with Gasteiger partial charge in [-0.2, -0.15) is 0 Å². The molecule has 0 saturated heterocycles. The van der Waals surface area contributed by atoms with Crippen LogP contribution in [0.25, 0.3) is 0 Å². The lowest BCUT2D eigenvalue weighted by Crippen LogP contribution is -1.56. The third-order valence-electron chi connectivity index (χ3n) is 1.51. The third-order valence-corrected chi connectivity index (χ3v) is 1.51. The van der Waals surface area contributed by atoms with E-state index < -0.39 is 0 Å². The topological polar surface area (TPSA) is 49.7 Å². The van der Waals surface area contributed by atoms with Crippen LogP contribution in [0.5, 0.6) is 11.5 Å². The van der Waals surface area contributed by atoms with Gasteiger partial charge in [0.2, 0.25) is 0 Å². The largest absolute Gasteiger partial charge is 0.508 e. The van der Waals surface area contributed by atoms with E-state index in [9.17, 15) is 0 Å². The number of benzene rings is 2. The van der Waals surface area contributed by atoms with Gasteiger partial charge in [0.15, 0.2) is 0 Å². The van der Waals surface area contributed by atoms with Crippen molar-refractivity contribution < 1.29 is 13.1 Å². The minimum absolute atomic E-state index is 0.322. The van der Waals surface area contributed by atoms with Crippen molar-refractivity contribution in [3.8, 4) is 11.5 Å². The molecular weight excluding hydrogens is 352 g/mol. The van der Waals surface area contributed by atoms with Crippen LogP contribution in [0.4, 0.5) is 0 Å². The molecule has 0 atom stereocenters. The summed E-state index contributed by atoms with van der Waals surface area (Å²) in [5.41, 5.74) is 0. The molecule has 17 heavy (non-hydrogen) atoms. The predicted molar refractivity (Wildman–Crippen MR) is 75.2 cm³/mol. The lowest BCUT2D eigenvalue weighted by Gasteiger charge is -1.82. The van der Waals surface area contributed by atoms with E-state index in [0.29, 0.717) is 11.5 Å². The molecule has 92 valence electrons. The monoisotopic (exact) mass is 362 g/mol. The van der Waals surface area contributed by atoms with Gasteiger partial charge in [-0.25, -0.2) is 2.92 Å². The number of phenolic OH excluding ortho intramolecular Hbond substituents is 2. The molecule has 0 aliphatic rings. The average molecular weight is 364 g/mol. The van der Waals surface area contributed by atoms with Gasteiger partial charge in [0.05, 0.1) is 0 Å². The maximum absolute atomic E-state index is 8.63. The Kier molecular flexibility index (Phi) is 10.7. The van der Waals surface area contributed by atoms with Gasteiger partial charge < -0.3 is 10.2 Å². The smallest absolute Gasteiger partial charge is 0.115 e. The maximum atomic E-state index is 8.63. The Morgan fingerprint density at radius 3 is 1.00 bits per heavy atom. The highest BCUT2D eigenvalue weighted by Crippen LogP contribution is 2.03. The van der Waals surface area contributed by atoms with Crippen molar-refractivity contribution >= 4 is 32.5 Å². The van der Waals surface area contributed by atoms with Gasteiger partial charge >= 0.3 is 0 Å². The van der Waals surface area contributed by atoms with Crippen molar-refractivity contribution in [2.75, 3.05) is 0 Å². The van der Waals surface area contributed by atoms with Gasteiger partial charge in [0.25, 0.3) is 0 Å². The number of hydrogen-bond donors (Lipinski definition) is 2. The van der Waals surface area contributed by atoms with Crippen LogP contribution >= 0.6 is 32.5 Å². The van der Waals surface area contributed by atoms with Crippen molar-refractivity contribution in [1.82, 2.24) is 0 Å². The normalized spacial score (nSPS) is 8.12. The molecule has 2 aromatic carbocycles. The molecule has 5 heteroatoms. The summed E-state index contributed by atoms with van der Waals surface area (Å²) in [6.45, 7) is 0. The molecule has 0 amide bonds. The summed E-state index contributed by atoms with van der Waals surface area (Å²) in [4.78, 5) is 0. The highest BCUT2D eigenvalue weighted by atomic mass is 79.9. The van der Waals surface area contributed by atoms with Gasteiger partial charge in [0.1, 0.15) is 44.0 Å². The first kappa shape index (κ1) is 16.0. The fourth-order valence-corrected chi connectivity index (χ4v) is 0.856. The van der Waals surface area contributed by atoms with E-state index >= 15 is 0 Å². The van der Waals surface area contributed by atoms with Crippen LogP contribution in [-0.2, 0) is 2.92 Å². The number of phenols is 2. The lowest BCUT2D eigenvalue weighted by molar-refractivity contribution is 0.475. The summed E-state index contributed by atoms with van der Waals surface area (Å²) < 4.78 is 3.88. The van der Waals surface area contributed by atoms with Gasteiger partial charge in [-0.15, -0.1) is 0 Å². The van der Waals surface area contributed by atoms with Gasteiger partial charge in [0, 0.05) is 0 Å². The molecule has 0 fully saturated rings. The molecular formula is C12H12Br2O3. The van der Waals surface area contributed by atoms with E-state index in [-0.39, 0.29) is 0 Å². The average Bonchev–Trinajstić information content (AvgIpc) is 2.33. The quantitative estimate of drug-likeness (QED) is 0.728. The van der Waals surface area contributed by atoms with E-state index in [1.54, 1.807) is 48.5 Å². The van der Waals surface area contributed by atoms with E-state index in [1.807, 2.05) is 12.1 Å². The Morgan fingerprint density at radius 2 is 0.882 bits per heavy atom. The van der Waals surface area contributed by atoms with E-state index in [2.05, 4.69) is 35.4 Å². The molecule has 0 spiro atoms. The second kappa shape index (κ2) is 11.4. The van der Waals surface area contributed by atoms with E-state index in [4.69, 9.17) is 10.2 Å². The molecule has 0 saturated carbocycles. The molecule has 0 unspecified atom stereocenters. The number of rotatable bonds is 0. The predicted octanol–water partition coefficient (Wildman–Crippen LogP) is 4.41. The number of aromatic hydroxyl groups is 2. The summed E-state index contributed by atoms with van der Waals surface area (Å²) in [6, 6.07) is 17.4. The zero-order valence-corrected chi connectivity index (χ0v) is 12.0. The molecule has 0 aliphatic carbocycles.